The second kappa shape index (κ2) is 7.96. The lowest BCUT2D eigenvalue weighted by molar-refractivity contribution is -0.118. The zero-order valence-corrected chi connectivity index (χ0v) is 14.2. The highest BCUT2D eigenvalue weighted by Crippen LogP contribution is 2.28. The first-order chi connectivity index (χ1) is 12.1. The first-order valence-electron chi connectivity index (χ1n) is 8.84. The largest absolute Gasteiger partial charge is 0.370 e. The van der Waals surface area contributed by atoms with E-state index in [2.05, 4.69) is 10.4 Å². The summed E-state index contributed by atoms with van der Waals surface area (Å²) in [6.07, 6.45) is 7.48. The van der Waals surface area contributed by atoms with Crippen molar-refractivity contribution in [3.63, 3.8) is 0 Å². The molecule has 1 aliphatic carbocycles. The fourth-order valence-corrected chi connectivity index (χ4v) is 3.50. The molecule has 6 heteroatoms. The molecule has 6 nitrogen and oxygen atoms in total. The molecule has 0 unspecified atom stereocenters. The summed E-state index contributed by atoms with van der Waals surface area (Å²) < 4.78 is 1.67. The van der Waals surface area contributed by atoms with Gasteiger partial charge in [-0.2, -0.15) is 5.10 Å². The van der Waals surface area contributed by atoms with Gasteiger partial charge < -0.3 is 11.1 Å². The summed E-state index contributed by atoms with van der Waals surface area (Å²) in [7, 11) is 0. The number of hydrogen-bond donors (Lipinski definition) is 2. The van der Waals surface area contributed by atoms with Crippen LogP contribution in [0.5, 0.6) is 0 Å². The lowest BCUT2D eigenvalue weighted by atomic mass is 9.82. The number of amides is 2. The van der Waals surface area contributed by atoms with Crippen molar-refractivity contribution in [1.82, 2.24) is 15.1 Å². The number of nitrogens with one attached hydrogen (secondary N) is 1. The van der Waals surface area contributed by atoms with E-state index in [0.717, 1.165) is 31.4 Å². The van der Waals surface area contributed by atoms with Gasteiger partial charge in [0.2, 0.25) is 5.91 Å². The fraction of sp³-hybridized carbons (Fsp3) is 0.421. The maximum atomic E-state index is 12.6. The summed E-state index contributed by atoms with van der Waals surface area (Å²) in [5, 5.41) is 7.33. The van der Waals surface area contributed by atoms with Crippen LogP contribution in [0, 0.1) is 5.92 Å². The summed E-state index contributed by atoms with van der Waals surface area (Å²) in [5.41, 5.74) is 6.62. The summed E-state index contributed by atoms with van der Waals surface area (Å²) in [4.78, 5) is 24.0. The Morgan fingerprint density at radius 1 is 1.16 bits per heavy atom. The molecule has 0 radical (unpaired) electrons. The number of benzene rings is 1. The minimum Gasteiger partial charge on any atom is -0.370 e. The van der Waals surface area contributed by atoms with Crippen molar-refractivity contribution in [2.24, 2.45) is 11.7 Å². The summed E-state index contributed by atoms with van der Waals surface area (Å²) in [6.45, 7) is 0. The lowest BCUT2D eigenvalue weighted by Crippen LogP contribution is -2.43. The lowest BCUT2D eigenvalue weighted by Gasteiger charge is -2.30. The third-order valence-corrected chi connectivity index (χ3v) is 4.80. The van der Waals surface area contributed by atoms with E-state index < -0.39 is 0 Å². The monoisotopic (exact) mass is 340 g/mol. The van der Waals surface area contributed by atoms with Crippen molar-refractivity contribution < 1.29 is 9.59 Å². The van der Waals surface area contributed by atoms with E-state index in [4.69, 9.17) is 5.73 Å². The Morgan fingerprint density at radius 2 is 1.88 bits per heavy atom. The number of para-hydroxylation sites is 1. The molecular weight excluding hydrogens is 316 g/mol. The van der Waals surface area contributed by atoms with Crippen LogP contribution < -0.4 is 11.1 Å². The van der Waals surface area contributed by atoms with Gasteiger partial charge in [0.05, 0.1) is 5.69 Å². The van der Waals surface area contributed by atoms with Gasteiger partial charge in [-0.1, -0.05) is 37.5 Å². The molecule has 132 valence electrons. The molecule has 3 N–H and O–H groups in total. The smallest absolute Gasteiger partial charge is 0.272 e. The average molecular weight is 340 g/mol. The van der Waals surface area contributed by atoms with Crippen molar-refractivity contribution in [2.45, 2.75) is 44.6 Å². The summed E-state index contributed by atoms with van der Waals surface area (Å²) in [6, 6.07) is 11.1. The van der Waals surface area contributed by atoms with Crippen molar-refractivity contribution in [3.05, 3.63) is 48.3 Å². The highest BCUT2D eigenvalue weighted by Gasteiger charge is 2.27. The Balaban J connectivity index is 1.70. The summed E-state index contributed by atoms with van der Waals surface area (Å²) in [5.74, 6) is -0.335. The number of carbonyl (C=O) groups is 2. The first kappa shape index (κ1) is 17.2. The van der Waals surface area contributed by atoms with Gasteiger partial charge in [-0.15, -0.1) is 0 Å². The predicted octanol–water partition coefficient (Wildman–Crippen LogP) is 2.43. The van der Waals surface area contributed by atoms with E-state index in [-0.39, 0.29) is 24.3 Å². The molecule has 2 aromatic rings. The van der Waals surface area contributed by atoms with Crippen molar-refractivity contribution in [1.29, 1.82) is 0 Å². The molecule has 1 saturated carbocycles. The van der Waals surface area contributed by atoms with Crippen LogP contribution in [-0.4, -0.2) is 27.6 Å². The molecule has 2 amide bonds. The van der Waals surface area contributed by atoms with Gasteiger partial charge in [-0.25, -0.2) is 4.68 Å². The molecule has 1 aliphatic rings. The molecule has 25 heavy (non-hydrogen) atoms. The van der Waals surface area contributed by atoms with E-state index in [0.29, 0.717) is 11.6 Å². The SMILES string of the molecule is NC(=O)C[C@@H](NC(=O)c1ccn(-c2ccccc2)n1)C1CCCCC1. The van der Waals surface area contributed by atoms with Crippen molar-refractivity contribution in [2.75, 3.05) is 0 Å². The molecule has 0 bridgehead atoms. The number of carbonyl (C=O) groups excluding carboxylic acids is 2. The molecule has 3 rings (SSSR count). The maximum absolute atomic E-state index is 12.6. The van der Waals surface area contributed by atoms with Gasteiger partial charge in [0, 0.05) is 18.7 Å². The molecule has 1 fully saturated rings. The molecule has 0 spiro atoms. The molecule has 0 saturated heterocycles. The van der Waals surface area contributed by atoms with Crippen LogP contribution in [-0.2, 0) is 4.79 Å². The third-order valence-electron chi connectivity index (χ3n) is 4.80. The molecule has 1 atom stereocenters. The number of aromatic nitrogens is 2. The second-order valence-electron chi connectivity index (χ2n) is 6.63. The Labute approximate surface area is 147 Å². The van der Waals surface area contributed by atoms with Crippen LogP contribution in [0.25, 0.3) is 5.69 Å². The van der Waals surface area contributed by atoms with Crippen LogP contribution in [0.4, 0.5) is 0 Å². The van der Waals surface area contributed by atoms with E-state index >= 15 is 0 Å². The van der Waals surface area contributed by atoms with Gasteiger partial charge in [-0.3, -0.25) is 9.59 Å². The highest BCUT2D eigenvalue weighted by molar-refractivity contribution is 5.92. The quantitative estimate of drug-likeness (QED) is 0.846. The Morgan fingerprint density at radius 3 is 2.56 bits per heavy atom. The fourth-order valence-electron chi connectivity index (χ4n) is 3.50. The van der Waals surface area contributed by atoms with Crippen LogP contribution >= 0.6 is 0 Å². The number of primary amides is 1. The van der Waals surface area contributed by atoms with Crippen LogP contribution in [0.1, 0.15) is 49.0 Å². The second-order valence-corrected chi connectivity index (χ2v) is 6.63. The standard InChI is InChI=1S/C19H24N4O2/c20-18(24)13-17(14-7-3-1-4-8-14)21-19(25)16-11-12-23(22-16)15-9-5-2-6-10-15/h2,5-6,9-12,14,17H,1,3-4,7-8,13H2,(H2,20,24)(H,21,25)/t17-/m1/s1. The van der Waals surface area contributed by atoms with E-state index in [1.165, 1.54) is 6.42 Å². The number of rotatable bonds is 6. The number of hydrogen-bond acceptors (Lipinski definition) is 3. The van der Waals surface area contributed by atoms with E-state index in [1.54, 1.807) is 16.9 Å². The first-order valence-corrected chi connectivity index (χ1v) is 8.84. The van der Waals surface area contributed by atoms with Crippen molar-refractivity contribution >= 4 is 11.8 Å². The summed E-state index contributed by atoms with van der Waals surface area (Å²) >= 11 is 0. The van der Waals surface area contributed by atoms with Gasteiger partial charge in [-0.05, 0) is 37.0 Å². The average Bonchev–Trinajstić information content (AvgIpc) is 3.12. The molecular formula is C19H24N4O2. The molecule has 1 heterocycles. The zero-order chi connectivity index (χ0) is 17.6. The van der Waals surface area contributed by atoms with Gasteiger partial charge in [0.1, 0.15) is 0 Å². The van der Waals surface area contributed by atoms with Crippen LogP contribution in [0.3, 0.4) is 0 Å². The van der Waals surface area contributed by atoms with Crippen LogP contribution in [0.2, 0.25) is 0 Å². The minimum absolute atomic E-state index is 0.176. The number of nitrogens with two attached hydrogens (primary N) is 1. The maximum Gasteiger partial charge on any atom is 0.272 e. The van der Waals surface area contributed by atoms with E-state index in [9.17, 15) is 9.59 Å². The van der Waals surface area contributed by atoms with Gasteiger partial charge in [0.15, 0.2) is 5.69 Å². The number of nitrogens with zero attached hydrogens (tertiary/aromatic N) is 2. The highest BCUT2D eigenvalue weighted by atomic mass is 16.2. The van der Waals surface area contributed by atoms with E-state index in [1.807, 2.05) is 30.3 Å². The molecule has 1 aromatic heterocycles. The third kappa shape index (κ3) is 4.47. The predicted molar refractivity (Wildman–Crippen MR) is 95.2 cm³/mol. The van der Waals surface area contributed by atoms with Crippen LogP contribution in [0.15, 0.2) is 42.6 Å². The molecule has 0 aliphatic heterocycles. The Hall–Kier alpha value is -2.63. The Kier molecular flexibility index (Phi) is 5.48. The topological polar surface area (TPSA) is 90.0 Å². The molecule has 1 aromatic carbocycles. The Bertz CT molecular complexity index is 720. The zero-order valence-electron chi connectivity index (χ0n) is 14.2. The minimum atomic E-state index is -0.384. The van der Waals surface area contributed by atoms with Gasteiger partial charge in [0.25, 0.3) is 5.91 Å². The normalized spacial score (nSPS) is 16.3. The van der Waals surface area contributed by atoms with Gasteiger partial charge >= 0.3 is 0 Å². The van der Waals surface area contributed by atoms with Crippen molar-refractivity contribution in [3.8, 4) is 5.69 Å².